The number of amides is 2. The minimum Gasteiger partial charge on any atom is -0.481 e. The highest BCUT2D eigenvalue weighted by molar-refractivity contribution is 5.79. The van der Waals surface area contributed by atoms with Gasteiger partial charge in [-0.2, -0.15) is 13.2 Å². The van der Waals surface area contributed by atoms with E-state index in [1.54, 1.807) is 6.92 Å². The number of carbonyl (C=O) groups excluding carboxylic acids is 1. The number of likely N-dealkylation sites (tertiary alicyclic amines) is 1. The molecule has 0 aromatic heterocycles. The first kappa shape index (κ1) is 16.6. The Kier molecular flexibility index (Phi) is 4.88. The Labute approximate surface area is 115 Å². The van der Waals surface area contributed by atoms with Crippen molar-refractivity contribution in [1.82, 2.24) is 9.80 Å². The van der Waals surface area contributed by atoms with Crippen LogP contribution in [0.5, 0.6) is 0 Å². The summed E-state index contributed by atoms with van der Waals surface area (Å²) in [6, 6.07) is -0.749. The summed E-state index contributed by atoms with van der Waals surface area (Å²) in [5.41, 5.74) is -1.03. The molecule has 1 saturated heterocycles. The number of hydrogen-bond donors (Lipinski definition) is 1. The summed E-state index contributed by atoms with van der Waals surface area (Å²) in [6.45, 7) is 1.92. The van der Waals surface area contributed by atoms with Crippen LogP contribution < -0.4 is 0 Å². The standard InChI is InChI=1S/C12H19F3N2O3/c1-3-11(9(18)19)5-6-17(7-11)10(20)16(4-2)8-12(13,14)15/h3-8H2,1-2H3,(H,18,19). The maximum absolute atomic E-state index is 12.4. The number of carboxylic acid groups (broad SMARTS) is 1. The van der Waals surface area contributed by atoms with Gasteiger partial charge in [-0.25, -0.2) is 4.79 Å². The van der Waals surface area contributed by atoms with Crippen LogP contribution >= 0.6 is 0 Å². The van der Waals surface area contributed by atoms with Crippen molar-refractivity contribution in [1.29, 1.82) is 0 Å². The molecule has 0 saturated carbocycles. The fourth-order valence-corrected chi connectivity index (χ4v) is 2.38. The van der Waals surface area contributed by atoms with Crippen molar-refractivity contribution in [2.45, 2.75) is 32.9 Å². The van der Waals surface area contributed by atoms with Crippen molar-refractivity contribution >= 4 is 12.0 Å². The summed E-state index contributed by atoms with van der Waals surface area (Å²) in [4.78, 5) is 25.2. The predicted molar refractivity (Wildman–Crippen MR) is 65.2 cm³/mol. The van der Waals surface area contributed by atoms with Crippen LogP contribution in [-0.2, 0) is 4.79 Å². The highest BCUT2D eigenvalue weighted by Crippen LogP contribution is 2.34. The lowest BCUT2D eigenvalue weighted by atomic mass is 9.84. The molecule has 0 bridgehead atoms. The Balaban J connectivity index is 2.76. The molecule has 0 aromatic carbocycles. The van der Waals surface area contributed by atoms with Gasteiger partial charge in [0.25, 0.3) is 0 Å². The monoisotopic (exact) mass is 296 g/mol. The molecule has 0 aromatic rings. The lowest BCUT2D eigenvalue weighted by molar-refractivity contribution is -0.148. The second-order valence-electron chi connectivity index (χ2n) is 5.02. The molecule has 1 rings (SSSR count). The van der Waals surface area contributed by atoms with E-state index in [0.717, 1.165) is 0 Å². The number of alkyl halides is 3. The van der Waals surface area contributed by atoms with Gasteiger partial charge in [0.2, 0.25) is 0 Å². The molecular formula is C12H19F3N2O3. The molecule has 1 aliphatic heterocycles. The van der Waals surface area contributed by atoms with Crippen LogP contribution in [0.4, 0.5) is 18.0 Å². The van der Waals surface area contributed by atoms with Crippen molar-refractivity contribution in [3.63, 3.8) is 0 Å². The van der Waals surface area contributed by atoms with Crippen LogP contribution in [0.3, 0.4) is 0 Å². The summed E-state index contributed by atoms with van der Waals surface area (Å²) in [5, 5.41) is 9.21. The zero-order chi connectivity index (χ0) is 15.6. The Morgan fingerprint density at radius 3 is 2.30 bits per heavy atom. The molecule has 2 amide bonds. The highest BCUT2D eigenvalue weighted by atomic mass is 19.4. The fourth-order valence-electron chi connectivity index (χ4n) is 2.38. The molecular weight excluding hydrogens is 277 g/mol. The average molecular weight is 296 g/mol. The topological polar surface area (TPSA) is 60.9 Å². The molecule has 0 radical (unpaired) electrons. The number of hydrogen-bond acceptors (Lipinski definition) is 2. The summed E-state index contributed by atoms with van der Waals surface area (Å²) >= 11 is 0. The maximum Gasteiger partial charge on any atom is 0.406 e. The second kappa shape index (κ2) is 5.88. The van der Waals surface area contributed by atoms with Crippen LogP contribution in [0.1, 0.15) is 26.7 Å². The summed E-state index contributed by atoms with van der Waals surface area (Å²) in [7, 11) is 0. The number of halogens is 3. The molecule has 1 heterocycles. The van der Waals surface area contributed by atoms with E-state index in [4.69, 9.17) is 0 Å². The van der Waals surface area contributed by atoms with Gasteiger partial charge in [-0.05, 0) is 19.8 Å². The first-order valence-electron chi connectivity index (χ1n) is 6.49. The van der Waals surface area contributed by atoms with Crippen LogP contribution in [-0.4, -0.2) is 59.3 Å². The maximum atomic E-state index is 12.4. The van der Waals surface area contributed by atoms with Crippen molar-refractivity contribution in [3.05, 3.63) is 0 Å². The van der Waals surface area contributed by atoms with E-state index in [1.807, 2.05) is 0 Å². The van der Waals surface area contributed by atoms with Gasteiger partial charge in [0.05, 0.1) is 5.41 Å². The van der Waals surface area contributed by atoms with E-state index >= 15 is 0 Å². The molecule has 20 heavy (non-hydrogen) atoms. The number of carbonyl (C=O) groups is 2. The third-order valence-corrected chi connectivity index (χ3v) is 3.78. The Morgan fingerprint density at radius 2 is 1.95 bits per heavy atom. The Morgan fingerprint density at radius 1 is 1.35 bits per heavy atom. The number of urea groups is 1. The van der Waals surface area contributed by atoms with E-state index in [2.05, 4.69) is 0 Å². The molecule has 5 nitrogen and oxygen atoms in total. The molecule has 1 atom stereocenters. The quantitative estimate of drug-likeness (QED) is 0.865. The lowest BCUT2D eigenvalue weighted by Crippen LogP contribution is -2.47. The van der Waals surface area contributed by atoms with Crippen LogP contribution in [0.15, 0.2) is 0 Å². The van der Waals surface area contributed by atoms with Gasteiger partial charge < -0.3 is 14.9 Å². The first-order valence-corrected chi connectivity index (χ1v) is 6.49. The number of nitrogens with zero attached hydrogens (tertiary/aromatic N) is 2. The zero-order valence-corrected chi connectivity index (χ0v) is 11.5. The molecule has 0 spiro atoms. The van der Waals surface area contributed by atoms with E-state index < -0.39 is 30.1 Å². The predicted octanol–water partition coefficient (Wildman–Crippen LogP) is 2.18. The highest BCUT2D eigenvalue weighted by Gasteiger charge is 2.46. The minimum absolute atomic E-state index is 0.0357. The van der Waals surface area contributed by atoms with Crippen LogP contribution in [0.25, 0.3) is 0 Å². The average Bonchev–Trinajstić information content (AvgIpc) is 2.79. The summed E-state index contributed by atoms with van der Waals surface area (Å²) < 4.78 is 37.1. The van der Waals surface area contributed by atoms with Gasteiger partial charge in [-0.3, -0.25) is 4.79 Å². The van der Waals surface area contributed by atoms with Crippen molar-refractivity contribution < 1.29 is 27.9 Å². The molecule has 1 N–H and O–H groups in total. The van der Waals surface area contributed by atoms with E-state index in [9.17, 15) is 27.9 Å². The molecule has 1 fully saturated rings. The number of rotatable bonds is 4. The molecule has 8 heteroatoms. The van der Waals surface area contributed by atoms with Crippen molar-refractivity contribution in [3.8, 4) is 0 Å². The van der Waals surface area contributed by atoms with Gasteiger partial charge >= 0.3 is 18.2 Å². The lowest BCUT2D eigenvalue weighted by Gasteiger charge is -2.29. The van der Waals surface area contributed by atoms with Crippen LogP contribution in [0, 0.1) is 5.41 Å². The number of aliphatic carboxylic acids is 1. The van der Waals surface area contributed by atoms with E-state index in [-0.39, 0.29) is 26.1 Å². The van der Waals surface area contributed by atoms with E-state index in [1.165, 1.54) is 11.8 Å². The smallest absolute Gasteiger partial charge is 0.406 e. The first-order chi connectivity index (χ1) is 9.15. The van der Waals surface area contributed by atoms with E-state index in [0.29, 0.717) is 11.3 Å². The summed E-state index contributed by atoms with van der Waals surface area (Å²) in [6.07, 6.45) is -3.84. The Bertz CT molecular complexity index is 387. The normalized spacial score (nSPS) is 22.9. The largest absolute Gasteiger partial charge is 0.481 e. The SMILES string of the molecule is CCN(CC(F)(F)F)C(=O)N1CCC(CC)(C(=O)O)C1. The Hall–Kier alpha value is -1.47. The van der Waals surface area contributed by atoms with Gasteiger partial charge in [0.1, 0.15) is 6.54 Å². The van der Waals surface area contributed by atoms with Gasteiger partial charge in [0, 0.05) is 19.6 Å². The van der Waals surface area contributed by atoms with Gasteiger partial charge in [-0.15, -0.1) is 0 Å². The second-order valence-corrected chi connectivity index (χ2v) is 5.02. The molecule has 116 valence electrons. The van der Waals surface area contributed by atoms with Gasteiger partial charge in [-0.1, -0.05) is 6.92 Å². The molecule has 1 aliphatic rings. The van der Waals surface area contributed by atoms with Crippen LogP contribution in [0.2, 0.25) is 0 Å². The molecule has 1 unspecified atom stereocenters. The number of carboxylic acids is 1. The summed E-state index contributed by atoms with van der Waals surface area (Å²) in [5.74, 6) is -1.01. The van der Waals surface area contributed by atoms with Crippen molar-refractivity contribution in [2.24, 2.45) is 5.41 Å². The van der Waals surface area contributed by atoms with Gasteiger partial charge in [0.15, 0.2) is 0 Å². The zero-order valence-electron chi connectivity index (χ0n) is 11.5. The van der Waals surface area contributed by atoms with Crippen molar-refractivity contribution in [2.75, 3.05) is 26.2 Å². The molecule has 0 aliphatic carbocycles. The third kappa shape index (κ3) is 3.55. The fraction of sp³-hybridized carbons (Fsp3) is 0.833. The third-order valence-electron chi connectivity index (χ3n) is 3.78. The minimum atomic E-state index is -4.46.